The molecule has 2 heterocycles. The molecule has 0 unspecified atom stereocenters. The smallest absolute Gasteiger partial charge is 0.251 e. The molecular formula is C25H28N4O. The zero-order chi connectivity index (χ0) is 20.9. The lowest BCUT2D eigenvalue weighted by Crippen LogP contribution is -2.23. The third kappa shape index (κ3) is 4.51. The highest BCUT2D eigenvalue weighted by molar-refractivity contribution is 5.95. The first-order valence-electron chi connectivity index (χ1n) is 10.7. The largest absolute Gasteiger partial charge is 0.355 e. The topological polar surface area (TPSA) is 58.1 Å². The van der Waals surface area contributed by atoms with Crippen molar-refractivity contribution >= 4 is 11.7 Å². The maximum atomic E-state index is 12.8. The van der Waals surface area contributed by atoms with Crippen molar-refractivity contribution in [1.29, 1.82) is 0 Å². The Bertz CT molecular complexity index is 1010. The van der Waals surface area contributed by atoms with Crippen LogP contribution in [-0.4, -0.2) is 29.0 Å². The van der Waals surface area contributed by atoms with Gasteiger partial charge in [0, 0.05) is 43.2 Å². The number of carbonyl (C=O) groups excluding carboxylic acids is 1. The molecule has 154 valence electrons. The highest BCUT2D eigenvalue weighted by Gasteiger charge is 2.19. The molecule has 3 aromatic rings. The van der Waals surface area contributed by atoms with Gasteiger partial charge in [0.05, 0.1) is 0 Å². The Morgan fingerprint density at radius 2 is 1.77 bits per heavy atom. The molecule has 0 radical (unpaired) electrons. The third-order valence-electron chi connectivity index (χ3n) is 5.58. The summed E-state index contributed by atoms with van der Waals surface area (Å²) in [6.07, 6.45) is 5.80. The summed E-state index contributed by atoms with van der Waals surface area (Å²) in [5, 5.41) is 3.03. The summed E-state index contributed by atoms with van der Waals surface area (Å²) in [6.45, 7) is 6.86. The molecule has 5 heteroatoms. The molecule has 1 N–H and O–H groups in total. The summed E-state index contributed by atoms with van der Waals surface area (Å²) in [4.78, 5) is 24.2. The van der Waals surface area contributed by atoms with Crippen LogP contribution < -0.4 is 10.2 Å². The predicted molar refractivity (Wildman–Crippen MR) is 121 cm³/mol. The van der Waals surface area contributed by atoms with Crippen molar-refractivity contribution in [1.82, 2.24) is 15.3 Å². The molecule has 1 aromatic heterocycles. The van der Waals surface area contributed by atoms with Gasteiger partial charge in [-0.05, 0) is 42.0 Å². The Hall–Kier alpha value is -3.21. The second kappa shape index (κ2) is 9.08. The lowest BCUT2D eigenvalue weighted by atomic mass is 10.0. The fraction of sp³-hybridized carbons (Fsp3) is 0.320. The standard InChI is InChI=1S/C25H28N4O/c1-18(2)20-10-8-19(9-11-20)17-28-25(30)22-7-5-6-21(16-22)23-24(27-13-12-26-23)29-14-3-4-15-29/h5-13,16,18H,3-4,14-15,17H2,1-2H3,(H,28,30). The van der Waals surface area contributed by atoms with Crippen molar-refractivity contribution in [3.8, 4) is 11.3 Å². The van der Waals surface area contributed by atoms with E-state index in [1.54, 1.807) is 12.4 Å². The number of amides is 1. The van der Waals surface area contributed by atoms with E-state index in [1.807, 2.05) is 24.3 Å². The van der Waals surface area contributed by atoms with Crippen molar-refractivity contribution in [3.63, 3.8) is 0 Å². The number of nitrogens with zero attached hydrogens (tertiary/aromatic N) is 3. The summed E-state index contributed by atoms with van der Waals surface area (Å²) >= 11 is 0. The number of hydrogen-bond acceptors (Lipinski definition) is 4. The average Bonchev–Trinajstić information content (AvgIpc) is 3.33. The minimum Gasteiger partial charge on any atom is -0.355 e. The van der Waals surface area contributed by atoms with Gasteiger partial charge in [-0.1, -0.05) is 50.2 Å². The van der Waals surface area contributed by atoms with Crippen LogP contribution in [0, 0.1) is 0 Å². The summed E-state index contributed by atoms with van der Waals surface area (Å²) in [5.74, 6) is 1.32. The SMILES string of the molecule is CC(C)c1ccc(CNC(=O)c2cccc(-c3nccnc3N3CCCC3)c2)cc1. The van der Waals surface area contributed by atoms with Gasteiger partial charge in [0.2, 0.25) is 0 Å². The maximum absolute atomic E-state index is 12.8. The fourth-order valence-electron chi connectivity index (χ4n) is 3.81. The van der Waals surface area contributed by atoms with Gasteiger partial charge < -0.3 is 10.2 Å². The Kier molecular flexibility index (Phi) is 6.07. The number of aromatic nitrogens is 2. The van der Waals surface area contributed by atoms with Gasteiger partial charge in [-0.25, -0.2) is 4.98 Å². The quantitative estimate of drug-likeness (QED) is 0.646. The predicted octanol–water partition coefficient (Wildman–Crippen LogP) is 4.80. The second-order valence-corrected chi connectivity index (χ2v) is 8.08. The molecule has 1 amide bonds. The first-order chi connectivity index (χ1) is 14.6. The molecule has 0 bridgehead atoms. The van der Waals surface area contributed by atoms with Crippen molar-refractivity contribution in [2.75, 3.05) is 18.0 Å². The van der Waals surface area contributed by atoms with E-state index in [0.717, 1.165) is 35.7 Å². The van der Waals surface area contributed by atoms with Crippen LogP contribution in [0.1, 0.15) is 54.1 Å². The maximum Gasteiger partial charge on any atom is 0.251 e. The zero-order valence-electron chi connectivity index (χ0n) is 17.6. The lowest BCUT2D eigenvalue weighted by molar-refractivity contribution is 0.0951. The highest BCUT2D eigenvalue weighted by Crippen LogP contribution is 2.29. The van der Waals surface area contributed by atoms with Gasteiger partial charge in [-0.3, -0.25) is 9.78 Å². The molecule has 2 aromatic carbocycles. The number of hydrogen-bond donors (Lipinski definition) is 1. The van der Waals surface area contributed by atoms with Crippen molar-refractivity contribution in [3.05, 3.63) is 77.6 Å². The average molecular weight is 401 g/mol. The van der Waals surface area contributed by atoms with E-state index < -0.39 is 0 Å². The van der Waals surface area contributed by atoms with E-state index in [9.17, 15) is 4.79 Å². The van der Waals surface area contributed by atoms with E-state index in [1.165, 1.54) is 18.4 Å². The molecule has 5 nitrogen and oxygen atoms in total. The first-order valence-corrected chi connectivity index (χ1v) is 10.7. The van der Waals surface area contributed by atoms with Crippen molar-refractivity contribution in [2.45, 2.75) is 39.2 Å². The molecule has 0 atom stereocenters. The number of nitrogens with one attached hydrogen (secondary N) is 1. The molecule has 0 aliphatic carbocycles. The fourth-order valence-corrected chi connectivity index (χ4v) is 3.81. The summed E-state index contributed by atoms with van der Waals surface area (Å²) in [6, 6.07) is 16.0. The Balaban J connectivity index is 1.49. The molecule has 4 rings (SSSR count). The molecule has 1 saturated heterocycles. The highest BCUT2D eigenvalue weighted by atomic mass is 16.1. The van der Waals surface area contributed by atoms with E-state index in [-0.39, 0.29) is 5.91 Å². The van der Waals surface area contributed by atoms with Crippen LogP contribution >= 0.6 is 0 Å². The molecule has 0 spiro atoms. The Morgan fingerprint density at radius 3 is 2.50 bits per heavy atom. The number of anilines is 1. The van der Waals surface area contributed by atoms with E-state index in [0.29, 0.717) is 18.0 Å². The summed E-state index contributed by atoms with van der Waals surface area (Å²) < 4.78 is 0. The van der Waals surface area contributed by atoms with Gasteiger partial charge in [0.1, 0.15) is 5.69 Å². The zero-order valence-corrected chi connectivity index (χ0v) is 17.6. The van der Waals surface area contributed by atoms with Gasteiger partial charge in [-0.15, -0.1) is 0 Å². The monoisotopic (exact) mass is 400 g/mol. The molecule has 1 aliphatic rings. The van der Waals surface area contributed by atoms with E-state index >= 15 is 0 Å². The van der Waals surface area contributed by atoms with Crippen LogP contribution in [0.2, 0.25) is 0 Å². The number of carbonyl (C=O) groups is 1. The Labute approximate surface area is 178 Å². The van der Waals surface area contributed by atoms with Gasteiger partial charge in [0.15, 0.2) is 5.82 Å². The van der Waals surface area contributed by atoms with Crippen LogP contribution in [0.4, 0.5) is 5.82 Å². The van der Waals surface area contributed by atoms with Crippen molar-refractivity contribution < 1.29 is 4.79 Å². The van der Waals surface area contributed by atoms with Crippen LogP contribution in [0.5, 0.6) is 0 Å². The minimum atomic E-state index is -0.0867. The van der Waals surface area contributed by atoms with E-state index in [2.05, 4.69) is 58.3 Å². The van der Waals surface area contributed by atoms with Crippen LogP contribution in [0.15, 0.2) is 60.9 Å². The van der Waals surface area contributed by atoms with Gasteiger partial charge >= 0.3 is 0 Å². The van der Waals surface area contributed by atoms with Crippen LogP contribution in [-0.2, 0) is 6.54 Å². The Morgan fingerprint density at radius 1 is 1.03 bits per heavy atom. The minimum absolute atomic E-state index is 0.0867. The van der Waals surface area contributed by atoms with Gasteiger partial charge in [-0.2, -0.15) is 0 Å². The first kappa shape index (κ1) is 20.1. The van der Waals surface area contributed by atoms with Crippen LogP contribution in [0.3, 0.4) is 0 Å². The summed E-state index contributed by atoms with van der Waals surface area (Å²) in [7, 11) is 0. The second-order valence-electron chi connectivity index (χ2n) is 8.08. The molecule has 1 aliphatic heterocycles. The molecular weight excluding hydrogens is 372 g/mol. The van der Waals surface area contributed by atoms with E-state index in [4.69, 9.17) is 0 Å². The van der Waals surface area contributed by atoms with Crippen molar-refractivity contribution in [2.24, 2.45) is 0 Å². The van der Waals surface area contributed by atoms with Crippen LogP contribution in [0.25, 0.3) is 11.3 Å². The third-order valence-corrected chi connectivity index (χ3v) is 5.58. The molecule has 0 saturated carbocycles. The van der Waals surface area contributed by atoms with Gasteiger partial charge in [0.25, 0.3) is 5.91 Å². The number of rotatable bonds is 6. The summed E-state index contributed by atoms with van der Waals surface area (Å²) in [5.41, 5.74) is 4.77. The molecule has 1 fully saturated rings. The normalized spacial score (nSPS) is 13.6. The number of benzene rings is 2. The molecule has 30 heavy (non-hydrogen) atoms. The lowest BCUT2D eigenvalue weighted by Gasteiger charge is -2.19.